The van der Waals surface area contributed by atoms with Crippen molar-refractivity contribution < 1.29 is 28.2 Å². The highest BCUT2D eigenvalue weighted by Gasteiger charge is 2.18. The van der Waals surface area contributed by atoms with Gasteiger partial charge in [0.15, 0.2) is 0 Å². The second-order valence-corrected chi connectivity index (χ2v) is 7.56. The number of rotatable bonds is 6. The molecule has 152 valence electrons. The molecule has 0 saturated heterocycles. The normalized spacial score (nSPS) is 11.3. The van der Waals surface area contributed by atoms with Gasteiger partial charge in [-0.05, 0) is 54.6 Å². The van der Waals surface area contributed by atoms with Crippen molar-refractivity contribution in [1.82, 2.24) is 9.71 Å². The number of aromatic carboxylic acids is 1. The van der Waals surface area contributed by atoms with Crippen LogP contribution in [0.15, 0.2) is 82.1 Å². The number of carboxylic acid groups (broad SMARTS) is 1. The first-order valence-corrected chi connectivity index (χ1v) is 9.80. The predicted octanol–water partition coefficient (Wildman–Crippen LogP) is 3.02. The fraction of sp³-hybridized carbons (Fsp3) is 0. The number of sulfonamides is 1. The van der Waals surface area contributed by atoms with Crippen molar-refractivity contribution in [3.63, 3.8) is 0 Å². The van der Waals surface area contributed by atoms with Crippen LogP contribution in [0.3, 0.4) is 0 Å². The molecule has 0 saturated carbocycles. The van der Waals surface area contributed by atoms with Crippen LogP contribution in [0.1, 0.15) is 20.7 Å². The quantitative estimate of drug-likeness (QED) is 0.511. The van der Waals surface area contributed by atoms with Crippen molar-refractivity contribution in [2.45, 2.75) is 4.90 Å². The summed E-state index contributed by atoms with van der Waals surface area (Å²) in [5, 5.41) is 26.2. The van der Waals surface area contributed by atoms with Crippen LogP contribution in [0.4, 0.5) is 11.4 Å². The van der Waals surface area contributed by atoms with Crippen molar-refractivity contribution in [3.05, 3.63) is 78.1 Å². The molecular formula is C19H14N4O6S. The number of hydrogen-bond donors (Lipinski definition) is 3. The maximum atomic E-state index is 12.4. The Morgan fingerprint density at radius 1 is 0.967 bits per heavy atom. The number of amides is 1. The molecule has 2 aromatic carbocycles. The SMILES string of the molecule is O=C(NS(=O)(=O)c1ccc(N=Nc2ccc(O)c(C(=O)O)c2)cc1)c1cccnc1. The van der Waals surface area contributed by atoms with E-state index in [2.05, 4.69) is 15.2 Å². The number of carbonyl (C=O) groups excluding carboxylic acids is 1. The number of phenols is 1. The molecule has 11 heteroatoms. The molecule has 0 bridgehead atoms. The summed E-state index contributed by atoms with van der Waals surface area (Å²) in [6.07, 6.45) is 2.70. The first-order valence-electron chi connectivity index (χ1n) is 8.31. The number of nitrogens with zero attached hydrogens (tertiary/aromatic N) is 3. The van der Waals surface area contributed by atoms with Crippen LogP contribution in [0, 0.1) is 0 Å². The molecule has 30 heavy (non-hydrogen) atoms. The van der Waals surface area contributed by atoms with Crippen LogP contribution in [0.25, 0.3) is 0 Å². The number of aromatic hydroxyl groups is 1. The number of benzene rings is 2. The largest absolute Gasteiger partial charge is 0.507 e. The molecule has 0 radical (unpaired) electrons. The first kappa shape index (κ1) is 20.6. The maximum absolute atomic E-state index is 12.4. The second kappa shape index (κ2) is 8.49. The summed E-state index contributed by atoms with van der Waals surface area (Å²) in [6.45, 7) is 0. The molecule has 1 aromatic heterocycles. The van der Waals surface area contributed by atoms with Crippen molar-refractivity contribution >= 4 is 33.3 Å². The Bertz CT molecular complexity index is 1230. The lowest BCUT2D eigenvalue weighted by molar-refractivity contribution is 0.0693. The van der Waals surface area contributed by atoms with Gasteiger partial charge in [-0.1, -0.05) is 0 Å². The average Bonchev–Trinajstić information content (AvgIpc) is 2.73. The van der Waals surface area contributed by atoms with E-state index in [1.165, 1.54) is 60.9 Å². The number of azo groups is 1. The van der Waals surface area contributed by atoms with Gasteiger partial charge in [-0.2, -0.15) is 10.2 Å². The summed E-state index contributed by atoms with van der Waals surface area (Å²) in [6, 6.07) is 11.9. The highest BCUT2D eigenvalue weighted by atomic mass is 32.2. The standard InChI is InChI=1S/C19H14N4O6S/c24-17-8-5-14(10-16(17)19(26)27)22-21-13-3-6-15(7-4-13)30(28,29)23-18(25)12-2-1-9-20-11-12/h1-11,24H,(H,23,25)(H,26,27). The summed E-state index contributed by atoms with van der Waals surface area (Å²) in [4.78, 5) is 26.7. The van der Waals surface area contributed by atoms with Crippen LogP contribution in [0.5, 0.6) is 5.75 Å². The number of hydrogen-bond acceptors (Lipinski definition) is 8. The minimum absolute atomic E-state index is 0.0983. The molecule has 0 atom stereocenters. The van der Waals surface area contributed by atoms with Gasteiger partial charge in [-0.25, -0.2) is 17.9 Å². The lowest BCUT2D eigenvalue weighted by Gasteiger charge is -2.06. The average molecular weight is 426 g/mol. The van der Waals surface area contributed by atoms with E-state index in [9.17, 15) is 23.1 Å². The van der Waals surface area contributed by atoms with E-state index in [0.29, 0.717) is 0 Å². The van der Waals surface area contributed by atoms with Gasteiger partial charge < -0.3 is 10.2 Å². The molecule has 0 aliphatic heterocycles. The lowest BCUT2D eigenvalue weighted by Crippen LogP contribution is -2.30. The highest BCUT2D eigenvalue weighted by Crippen LogP contribution is 2.25. The van der Waals surface area contributed by atoms with Gasteiger partial charge >= 0.3 is 5.97 Å². The smallest absolute Gasteiger partial charge is 0.339 e. The lowest BCUT2D eigenvalue weighted by atomic mass is 10.2. The predicted molar refractivity (Wildman–Crippen MR) is 105 cm³/mol. The third-order valence-electron chi connectivity index (χ3n) is 3.79. The van der Waals surface area contributed by atoms with Gasteiger partial charge in [0.05, 0.1) is 21.8 Å². The maximum Gasteiger partial charge on any atom is 0.339 e. The topological polar surface area (TPSA) is 158 Å². The molecule has 0 fully saturated rings. The molecule has 1 heterocycles. The summed E-state index contributed by atoms with van der Waals surface area (Å²) < 4.78 is 26.7. The Kier molecular flexibility index (Phi) is 5.83. The third-order valence-corrected chi connectivity index (χ3v) is 5.14. The fourth-order valence-electron chi connectivity index (χ4n) is 2.30. The number of carbonyl (C=O) groups is 2. The van der Waals surface area contributed by atoms with Gasteiger partial charge in [0.1, 0.15) is 11.3 Å². The van der Waals surface area contributed by atoms with Crippen molar-refractivity contribution in [1.29, 1.82) is 0 Å². The van der Waals surface area contributed by atoms with E-state index in [1.807, 2.05) is 4.72 Å². The Morgan fingerprint density at radius 3 is 2.27 bits per heavy atom. The minimum Gasteiger partial charge on any atom is -0.507 e. The molecule has 3 aromatic rings. The number of pyridine rings is 1. The van der Waals surface area contributed by atoms with Gasteiger partial charge in [0, 0.05) is 12.4 Å². The van der Waals surface area contributed by atoms with Crippen molar-refractivity contribution in [2.75, 3.05) is 0 Å². The van der Waals surface area contributed by atoms with Crippen molar-refractivity contribution in [3.8, 4) is 5.75 Å². The Morgan fingerprint density at radius 2 is 1.63 bits per heavy atom. The van der Waals surface area contributed by atoms with Gasteiger partial charge in [0.25, 0.3) is 15.9 Å². The molecule has 1 amide bonds. The first-order chi connectivity index (χ1) is 14.3. The number of carboxylic acids is 1. The molecule has 0 aliphatic carbocycles. The van der Waals surface area contributed by atoms with E-state index in [1.54, 1.807) is 0 Å². The Balaban J connectivity index is 1.74. The summed E-state index contributed by atoms with van der Waals surface area (Å²) in [5.74, 6) is -2.52. The van der Waals surface area contributed by atoms with E-state index >= 15 is 0 Å². The summed E-state index contributed by atoms with van der Waals surface area (Å²) in [7, 11) is -4.10. The number of aromatic nitrogens is 1. The molecule has 0 aliphatic rings. The highest BCUT2D eigenvalue weighted by molar-refractivity contribution is 7.90. The summed E-state index contributed by atoms with van der Waals surface area (Å²) in [5.41, 5.74) is 0.251. The van der Waals surface area contributed by atoms with Crippen LogP contribution < -0.4 is 4.72 Å². The zero-order valence-corrected chi connectivity index (χ0v) is 15.9. The molecule has 0 spiro atoms. The van der Waals surface area contributed by atoms with Gasteiger partial charge in [-0.3, -0.25) is 9.78 Å². The fourth-order valence-corrected chi connectivity index (χ4v) is 3.28. The van der Waals surface area contributed by atoms with Gasteiger partial charge in [-0.15, -0.1) is 0 Å². The van der Waals surface area contributed by atoms with Crippen LogP contribution in [0.2, 0.25) is 0 Å². The van der Waals surface area contributed by atoms with E-state index in [-0.39, 0.29) is 27.4 Å². The molecule has 0 unspecified atom stereocenters. The molecule has 10 nitrogen and oxygen atoms in total. The van der Waals surface area contributed by atoms with Crippen LogP contribution in [-0.4, -0.2) is 35.5 Å². The zero-order chi connectivity index (χ0) is 21.7. The zero-order valence-electron chi connectivity index (χ0n) is 15.1. The summed E-state index contributed by atoms with van der Waals surface area (Å²) >= 11 is 0. The molecule has 3 N–H and O–H groups in total. The minimum atomic E-state index is -4.10. The second-order valence-electron chi connectivity index (χ2n) is 5.88. The third kappa shape index (κ3) is 4.83. The van der Waals surface area contributed by atoms with E-state index in [0.717, 1.165) is 6.07 Å². The van der Waals surface area contributed by atoms with Crippen molar-refractivity contribution in [2.24, 2.45) is 10.2 Å². The molecule has 3 rings (SSSR count). The number of nitrogens with one attached hydrogen (secondary N) is 1. The monoisotopic (exact) mass is 426 g/mol. The Hall–Kier alpha value is -4.12. The van der Waals surface area contributed by atoms with Crippen LogP contribution in [-0.2, 0) is 10.0 Å². The Labute approximate surface area is 170 Å². The van der Waals surface area contributed by atoms with E-state index in [4.69, 9.17) is 5.11 Å². The van der Waals surface area contributed by atoms with E-state index < -0.39 is 27.6 Å². The van der Waals surface area contributed by atoms with Crippen LogP contribution >= 0.6 is 0 Å². The molecular weight excluding hydrogens is 412 g/mol. The van der Waals surface area contributed by atoms with Gasteiger partial charge in [0.2, 0.25) is 0 Å².